The molecule has 158 valence electrons. The van der Waals surface area contributed by atoms with Crippen LogP contribution in [0.5, 0.6) is 0 Å². The predicted molar refractivity (Wildman–Crippen MR) is 124 cm³/mol. The summed E-state index contributed by atoms with van der Waals surface area (Å²) in [5.74, 6) is 0.633. The summed E-state index contributed by atoms with van der Waals surface area (Å²) in [6, 6.07) is 22.2. The molecule has 1 atom stereocenters. The first kappa shape index (κ1) is 21.5. The van der Waals surface area contributed by atoms with Crippen LogP contribution in [0.3, 0.4) is 0 Å². The van der Waals surface area contributed by atoms with Crippen LogP contribution >= 0.6 is 11.6 Å². The van der Waals surface area contributed by atoms with Gasteiger partial charge in [0.2, 0.25) is 0 Å². The standard InChI is InChI=1S/C24H21ClN2O3S/c1-24(2,28)22-15-27(23(26-22)20-8-3-4-9-21(20)25)18-12-10-16(11-13-18)17-6-5-7-19(14-17)31(29)30/h3-15,28H,1-2H3,(H,29,30). The second-order valence-electron chi connectivity index (χ2n) is 7.68. The molecule has 7 heteroatoms. The van der Waals surface area contributed by atoms with Crippen molar-refractivity contribution < 1.29 is 13.9 Å². The van der Waals surface area contributed by atoms with Gasteiger partial charge in [-0.15, -0.1) is 0 Å². The Morgan fingerprint density at radius 2 is 1.68 bits per heavy atom. The smallest absolute Gasteiger partial charge is 0.186 e. The van der Waals surface area contributed by atoms with E-state index in [1.54, 1.807) is 38.1 Å². The number of aromatic nitrogens is 2. The molecular formula is C24H21ClN2O3S. The zero-order valence-corrected chi connectivity index (χ0v) is 18.6. The number of hydrogen-bond donors (Lipinski definition) is 2. The average molecular weight is 453 g/mol. The zero-order valence-electron chi connectivity index (χ0n) is 17.0. The van der Waals surface area contributed by atoms with Crippen LogP contribution < -0.4 is 0 Å². The van der Waals surface area contributed by atoms with E-state index in [-0.39, 0.29) is 0 Å². The van der Waals surface area contributed by atoms with E-state index < -0.39 is 16.7 Å². The van der Waals surface area contributed by atoms with E-state index in [1.807, 2.05) is 59.3 Å². The number of imidazole rings is 1. The molecular weight excluding hydrogens is 432 g/mol. The van der Waals surface area contributed by atoms with E-state index >= 15 is 0 Å². The van der Waals surface area contributed by atoms with Crippen LogP contribution in [0.4, 0.5) is 0 Å². The first-order valence-corrected chi connectivity index (χ1v) is 11.1. The maximum Gasteiger partial charge on any atom is 0.186 e. The van der Waals surface area contributed by atoms with Crippen LogP contribution in [0.2, 0.25) is 5.02 Å². The summed E-state index contributed by atoms with van der Waals surface area (Å²) in [7, 11) is 0. The van der Waals surface area contributed by atoms with E-state index in [2.05, 4.69) is 4.98 Å². The van der Waals surface area contributed by atoms with Gasteiger partial charge < -0.3 is 9.66 Å². The largest absolute Gasteiger partial charge is 0.384 e. The predicted octanol–water partition coefficient (Wildman–Crippen LogP) is 5.67. The van der Waals surface area contributed by atoms with Gasteiger partial charge in [0, 0.05) is 17.4 Å². The summed E-state index contributed by atoms with van der Waals surface area (Å²) in [5.41, 5.74) is 2.80. The Kier molecular flexibility index (Phi) is 5.81. The van der Waals surface area contributed by atoms with E-state index in [1.165, 1.54) is 0 Å². The number of rotatable bonds is 5. The topological polar surface area (TPSA) is 75.4 Å². The van der Waals surface area contributed by atoms with E-state index in [0.717, 1.165) is 22.4 Å². The molecule has 0 saturated heterocycles. The zero-order chi connectivity index (χ0) is 22.2. The molecule has 0 radical (unpaired) electrons. The van der Waals surface area contributed by atoms with Crippen molar-refractivity contribution in [3.05, 3.63) is 89.7 Å². The van der Waals surface area contributed by atoms with Gasteiger partial charge in [0.15, 0.2) is 11.1 Å². The summed E-state index contributed by atoms with van der Waals surface area (Å²) >= 11 is 4.40. The Balaban J connectivity index is 1.79. The Bertz CT molecular complexity index is 1260. The molecule has 0 saturated carbocycles. The van der Waals surface area contributed by atoms with E-state index in [0.29, 0.717) is 21.4 Å². The van der Waals surface area contributed by atoms with Crippen molar-refractivity contribution in [2.24, 2.45) is 0 Å². The number of nitrogens with zero attached hydrogens (tertiary/aromatic N) is 2. The quantitative estimate of drug-likeness (QED) is 0.382. The summed E-state index contributed by atoms with van der Waals surface area (Å²) in [6.07, 6.45) is 1.81. The molecule has 2 N–H and O–H groups in total. The lowest BCUT2D eigenvalue weighted by Crippen LogP contribution is -2.15. The highest BCUT2D eigenvalue weighted by Gasteiger charge is 2.23. The van der Waals surface area contributed by atoms with Crippen molar-refractivity contribution in [1.82, 2.24) is 9.55 Å². The van der Waals surface area contributed by atoms with Crippen LogP contribution in [-0.2, 0) is 16.7 Å². The molecule has 4 rings (SSSR count). The van der Waals surface area contributed by atoms with Crippen molar-refractivity contribution in [3.63, 3.8) is 0 Å². The van der Waals surface area contributed by atoms with Gasteiger partial charge in [-0.25, -0.2) is 9.19 Å². The van der Waals surface area contributed by atoms with Gasteiger partial charge in [-0.05, 0) is 61.4 Å². The minimum Gasteiger partial charge on any atom is -0.384 e. The molecule has 1 aromatic heterocycles. The molecule has 5 nitrogen and oxygen atoms in total. The van der Waals surface area contributed by atoms with Crippen LogP contribution in [0.25, 0.3) is 28.2 Å². The molecule has 0 spiro atoms. The molecule has 0 aliphatic carbocycles. The lowest BCUT2D eigenvalue weighted by Gasteiger charge is -2.13. The van der Waals surface area contributed by atoms with Gasteiger partial charge in [-0.3, -0.25) is 4.57 Å². The van der Waals surface area contributed by atoms with Crippen molar-refractivity contribution in [1.29, 1.82) is 0 Å². The van der Waals surface area contributed by atoms with Crippen molar-refractivity contribution in [2.45, 2.75) is 24.3 Å². The van der Waals surface area contributed by atoms with Crippen LogP contribution in [-0.4, -0.2) is 23.4 Å². The van der Waals surface area contributed by atoms with Gasteiger partial charge in [0.1, 0.15) is 11.4 Å². The molecule has 31 heavy (non-hydrogen) atoms. The molecule has 1 unspecified atom stereocenters. The molecule has 0 fully saturated rings. The van der Waals surface area contributed by atoms with Gasteiger partial charge in [-0.1, -0.05) is 48.0 Å². The van der Waals surface area contributed by atoms with Crippen LogP contribution in [0.1, 0.15) is 19.5 Å². The van der Waals surface area contributed by atoms with Gasteiger partial charge in [0.25, 0.3) is 0 Å². The first-order valence-electron chi connectivity index (χ1n) is 9.63. The number of halogens is 1. The highest BCUT2D eigenvalue weighted by molar-refractivity contribution is 7.79. The number of aliphatic hydroxyl groups is 1. The van der Waals surface area contributed by atoms with Crippen molar-refractivity contribution >= 4 is 22.7 Å². The maximum atomic E-state index is 11.4. The second kappa shape index (κ2) is 8.40. The Morgan fingerprint density at radius 3 is 2.32 bits per heavy atom. The minimum absolute atomic E-state index is 0.354. The molecule has 0 bridgehead atoms. The average Bonchev–Trinajstić information content (AvgIpc) is 3.20. The van der Waals surface area contributed by atoms with E-state index in [9.17, 15) is 13.9 Å². The van der Waals surface area contributed by atoms with Crippen molar-refractivity contribution in [3.8, 4) is 28.2 Å². The lowest BCUT2D eigenvalue weighted by atomic mass is 10.1. The van der Waals surface area contributed by atoms with Gasteiger partial charge in [-0.2, -0.15) is 0 Å². The Hall–Kier alpha value is -2.77. The highest BCUT2D eigenvalue weighted by atomic mass is 35.5. The molecule has 0 aliphatic heterocycles. The first-order chi connectivity index (χ1) is 14.7. The number of benzene rings is 3. The Morgan fingerprint density at radius 1 is 0.968 bits per heavy atom. The van der Waals surface area contributed by atoms with Crippen LogP contribution in [0, 0.1) is 0 Å². The summed E-state index contributed by atoms with van der Waals surface area (Å²) in [4.78, 5) is 5.02. The third-order valence-corrected chi connectivity index (χ3v) is 5.95. The second-order valence-corrected chi connectivity index (χ2v) is 9.06. The Labute approximate surface area is 188 Å². The molecule has 0 aliphatic rings. The van der Waals surface area contributed by atoms with Crippen molar-refractivity contribution in [2.75, 3.05) is 0 Å². The fourth-order valence-electron chi connectivity index (χ4n) is 3.30. The summed E-state index contributed by atoms with van der Waals surface area (Å²) in [5, 5.41) is 11.1. The lowest BCUT2D eigenvalue weighted by molar-refractivity contribution is 0.0743. The van der Waals surface area contributed by atoms with Gasteiger partial charge in [0.05, 0.1) is 15.6 Å². The SMILES string of the molecule is CC(C)(O)c1cn(-c2ccc(-c3cccc(S(=O)O)c3)cc2)c(-c2ccccc2Cl)n1. The fourth-order valence-corrected chi connectivity index (χ4v) is 3.95. The monoisotopic (exact) mass is 452 g/mol. The van der Waals surface area contributed by atoms with Crippen LogP contribution in [0.15, 0.2) is 83.9 Å². The maximum absolute atomic E-state index is 11.4. The third kappa shape index (κ3) is 4.48. The molecule has 3 aromatic carbocycles. The minimum atomic E-state index is -2.03. The normalized spacial score (nSPS) is 12.7. The molecule has 4 aromatic rings. The fraction of sp³-hybridized carbons (Fsp3) is 0.125. The highest BCUT2D eigenvalue weighted by Crippen LogP contribution is 2.32. The molecule has 0 amide bonds. The summed E-state index contributed by atoms with van der Waals surface area (Å²) in [6.45, 7) is 3.38. The number of hydrogen-bond acceptors (Lipinski definition) is 3. The van der Waals surface area contributed by atoms with Gasteiger partial charge >= 0.3 is 0 Å². The molecule has 1 heterocycles. The van der Waals surface area contributed by atoms with E-state index in [4.69, 9.17) is 11.6 Å². The summed E-state index contributed by atoms with van der Waals surface area (Å²) < 4.78 is 22.6. The third-order valence-electron chi connectivity index (χ3n) is 4.96.